The molecule has 0 radical (unpaired) electrons. The number of carbonyl (C=O) groups excluding carboxylic acids is 2. The fraction of sp³-hybridized carbons (Fsp3) is 0.0526. The molecule has 4 rings (SSSR count). The maximum atomic E-state index is 12.4. The third kappa shape index (κ3) is 2.32. The van der Waals surface area contributed by atoms with Crippen LogP contribution in [0.2, 0.25) is 0 Å². The van der Waals surface area contributed by atoms with Crippen molar-refractivity contribution in [3.63, 3.8) is 0 Å². The molecule has 112 valence electrons. The van der Waals surface area contributed by atoms with Gasteiger partial charge in [0, 0.05) is 4.90 Å². The number of fused-ring (bicyclic) bond motifs is 2. The molecule has 0 atom stereocenters. The van der Waals surface area contributed by atoms with Crippen molar-refractivity contribution in [2.45, 2.75) is 4.90 Å². The lowest BCUT2D eigenvalue weighted by atomic mass is 10.1. The summed E-state index contributed by atoms with van der Waals surface area (Å²) in [5, 5.41) is 2.29. The number of amides is 2. The van der Waals surface area contributed by atoms with E-state index in [1.54, 1.807) is 24.3 Å². The molecule has 0 fully saturated rings. The lowest BCUT2D eigenvalue weighted by Gasteiger charge is -2.14. The maximum Gasteiger partial charge on any atom is 0.262 e. The van der Waals surface area contributed by atoms with Crippen LogP contribution in [0.4, 0.5) is 0 Å². The Bertz CT molecular complexity index is 895. The molecule has 23 heavy (non-hydrogen) atoms. The van der Waals surface area contributed by atoms with Crippen LogP contribution in [-0.4, -0.2) is 22.6 Å². The first-order valence-electron chi connectivity index (χ1n) is 7.31. The average molecular weight is 319 g/mol. The Hall–Kier alpha value is -2.59. The number of nitrogens with zero attached hydrogens (tertiary/aromatic N) is 1. The zero-order valence-electron chi connectivity index (χ0n) is 12.2. The third-order valence-corrected chi connectivity index (χ3v) is 5.03. The summed E-state index contributed by atoms with van der Waals surface area (Å²) >= 11 is 1.51. The van der Waals surface area contributed by atoms with E-state index in [1.165, 1.54) is 16.7 Å². The Balaban J connectivity index is 1.60. The molecule has 1 aliphatic heterocycles. The Kier molecular flexibility index (Phi) is 3.39. The standard InChI is InChI=1S/C19H13NO2S/c21-18-15-9-3-4-10-16(15)19(22)20(18)12-23-17-11-5-7-13-6-1-2-8-14(13)17/h1-11H,12H2. The number of hydrogen-bond acceptors (Lipinski definition) is 3. The normalized spacial score (nSPS) is 13.7. The molecule has 0 aromatic heterocycles. The number of benzene rings is 3. The Morgan fingerprint density at radius 2 is 1.35 bits per heavy atom. The second kappa shape index (κ2) is 5.56. The SMILES string of the molecule is O=C1c2ccccc2C(=O)N1CSc1cccc2ccccc12. The van der Waals surface area contributed by atoms with Gasteiger partial charge in [-0.1, -0.05) is 48.5 Å². The number of carbonyl (C=O) groups is 2. The quantitative estimate of drug-likeness (QED) is 0.537. The first-order chi connectivity index (χ1) is 11.3. The van der Waals surface area contributed by atoms with Crippen LogP contribution >= 0.6 is 11.8 Å². The summed E-state index contributed by atoms with van der Waals surface area (Å²) in [6, 6.07) is 21.2. The highest BCUT2D eigenvalue weighted by atomic mass is 32.2. The highest BCUT2D eigenvalue weighted by Crippen LogP contribution is 2.31. The van der Waals surface area contributed by atoms with E-state index in [1.807, 2.05) is 24.3 Å². The number of rotatable bonds is 3. The molecule has 0 bridgehead atoms. The highest BCUT2D eigenvalue weighted by molar-refractivity contribution is 7.99. The summed E-state index contributed by atoms with van der Waals surface area (Å²) in [6.07, 6.45) is 0. The number of hydrogen-bond donors (Lipinski definition) is 0. The van der Waals surface area contributed by atoms with E-state index in [0.29, 0.717) is 17.0 Å². The minimum Gasteiger partial charge on any atom is -0.269 e. The first-order valence-corrected chi connectivity index (χ1v) is 8.30. The van der Waals surface area contributed by atoms with Crippen molar-refractivity contribution < 1.29 is 9.59 Å². The van der Waals surface area contributed by atoms with E-state index in [2.05, 4.69) is 18.2 Å². The van der Waals surface area contributed by atoms with Crippen molar-refractivity contribution in [2.24, 2.45) is 0 Å². The molecule has 3 aromatic carbocycles. The van der Waals surface area contributed by atoms with Gasteiger partial charge in [-0.15, -0.1) is 11.8 Å². The zero-order valence-corrected chi connectivity index (χ0v) is 13.0. The van der Waals surface area contributed by atoms with E-state index < -0.39 is 0 Å². The molecule has 3 nitrogen and oxygen atoms in total. The Morgan fingerprint density at radius 1 is 0.739 bits per heavy atom. The summed E-state index contributed by atoms with van der Waals surface area (Å²) in [7, 11) is 0. The fourth-order valence-corrected chi connectivity index (χ4v) is 3.83. The first kappa shape index (κ1) is 14.0. The zero-order chi connectivity index (χ0) is 15.8. The second-order valence-corrected chi connectivity index (χ2v) is 6.32. The molecular formula is C19H13NO2S. The molecule has 4 heteroatoms. The Morgan fingerprint density at radius 3 is 2.09 bits per heavy atom. The van der Waals surface area contributed by atoms with Crippen molar-refractivity contribution in [3.8, 4) is 0 Å². The van der Waals surface area contributed by atoms with Gasteiger partial charge in [-0.3, -0.25) is 14.5 Å². The van der Waals surface area contributed by atoms with Gasteiger partial charge < -0.3 is 0 Å². The molecular weight excluding hydrogens is 306 g/mol. The van der Waals surface area contributed by atoms with Crippen molar-refractivity contribution in [2.75, 3.05) is 5.88 Å². The lowest BCUT2D eigenvalue weighted by Crippen LogP contribution is -2.29. The lowest BCUT2D eigenvalue weighted by molar-refractivity contribution is 0.0684. The van der Waals surface area contributed by atoms with Gasteiger partial charge in [0.05, 0.1) is 17.0 Å². The van der Waals surface area contributed by atoms with Crippen LogP contribution in [0, 0.1) is 0 Å². The van der Waals surface area contributed by atoms with E-state index >= 15 is 0 Å². The predicted octanol–water partition coefficient (Wildman–Crippen LogP) is 4.19. The van der Waals surface area contributed by atoms with E-state index in [0.717, 1.165) is 15.7 Å². The van der Waals surface area contributed by atoms with E-state index in [4.69, 9.17) is 0 Å². The van der Waals surface area contributed by atoms with Crippen molar-refractivity contribution in [1.29, 1.82) is 0 Å². The molecule has 1 aliphatic rings. The summed E-state index contributed by atoms with van der Waals surface area (Å²) < 4.78 is 0. The second-order valence-electron chi connectivity index (χ2n) is 5.33. The summed E-state index contributed by atoms with van der Waals surface area (Å²) in [5.41, 5.74) is 0.993. The average Bonchev–Trinajstić information content (AvgIpc) is 2.84. The van der Waals surface area contributed by atoms with Crippen LogP contribution in [0.25, 0.3) is 10.8 Å². The molecule has 0 saturated heterocycles. The number of thioether (sulfide) groups is 1. The van der Waals surface area contributed by atoms with E-state index in [9.17, 15) is 9.59 Å². The monoisotopic (exact) mass is 319 g/mol. The molecule has 3 aromatic rings. The summed E-state index contributed by atoms with van der Waals surface area (Å²) in [6.45, 7) is 0. The van der Waals surface area contributed by atoms with Gasteiger partial charge in [-0.2, -0.15) is 0 Å². The van der Waals surface area contributed by atoms with Gasteiger partial charge in [-0.05, 0) is 29.0 Å². The number of imide groups is 1. The topological polar surface area (TPSA) is 37.4 Å². The molecule has 0 unspecified atom stereocenters. The highest BCUT2D eigenvalue weighted by Gasteiger charge is 2.34. The summed E-state index contributed by atoms with van der Waals surface area (Å²) in [4.78, 5) is 27.2. The Labute approximate surface area is 137 Å². The molecule has 1 heterocycles. The van der Waals surface area contributed by atoms with Crippen LogP contribution in [0.15, 0.2) is 71.6 Å². The molecule has 0 aliphatic carbocycles. The smallest absolute Gasteiger partial charge is 0.262 e. The largest absolute Gasteiger partial charge is 0.269 e. The van der Waals surface area contributed by atoms with Gasteiger partial charge in [0.1, 0.15) is 0 Å². The van der Waals surface area contributed by atoms with Crippen molar-refractivity contribution in [3.05, 3.63) is 77.9 Å². The third-order valence-electron chi connectivity index (χ3n) is 3.98. The van der Waals surface area contributed by atoms with Crippen molar-refractivity contribution >= 4 is 34.3 Å². The van der Waals surface area contributed by atoms with E-state index in [-0.39, 0.29) is 11.8 Å². The van der Waals surface area contributed by atoms with Gasteiger partial charge in [0.2, 0.25) is 0 Å². The van der Waals surface area contributed by atoms with Crippen molar-refractivity contribution in [1.82, 2.24) is 4.90 Å². The molecule has 2 amide bonds. The van der Waals surface area contributed by atoms with Crippen LogP contribution in [0.1, 0.15) is 20.7 Å². The van der Waals surface area contributed by atoms with Gasteiger partial charge in [0.15, 0.2) is 0 Å². The molecule has 0 spiro atoms. The minimum absolute atomic E-state index is 0.210. The van der Waals surface area contributed by atoms with Crippen LogP contribution in [0.5, 0.6) is 0 Å². The maximum absolute atomic E-state index is 12.4. The predicted molar refractivity (Wildman–Crippen MR) is 91.6 cm³/mol. The minimum atomic E-state index is -0.210. The fourth-order valence-electron chi connectivity index (χ4n) is 2.81. The molecule has 0 saturated carbocycles. The summed E-state index contributed by atoms with van der Waals surface area (Å²) in [5.74, 6) is -0.1000. The van der Waals surface area contributed by atoms with Gasteiger partial charge in [-0.25, -0.2) is 0 Å². The van der Waals surface area contributed by atoms with Gasteiger partial charge >= 0.3 is 0 Å². The van der Waals surface area contributed by atoms with Crippen LogP contribution in [-0.2, 0) is 0 Å². The van der Waals surface area contributed by atoms with Gasteiger partial charge in [0.25, 0.3) is 11.8 Å². The van der Waals surface area contributed by atoms with Crippen LogP contribution in [0.3, 0.4) is 0 Å². The molecule has 0 N–H and O–H groups in total. The van der Waals surface area contributed by atoms with Crippen LogP contribution < -0.4 is 0 Å².